The monoisotopic (exact) mass is 504 g/mol. The number of likely N-dealkylation sites (tertiary alicyclic amines) is 1. The van der Waals surface area contributed by atoms with Crippen LogP contribution in [0.15, 0.2) is 48.9 Å². The van der Waals surface area contributed by atoms with Crippen LogP contribution in [0.2, 0.25) is 5.02 Å². The first-order valence-electron chi connectivity index (χ1n) is 12.6. The Bertz CT molecular complexity index is 1300. The van der Waals surface area contributed by atoms with Crippen molar-refractivity contribution in [3.05, 3.63) is 82.2 Å². The van der Waals surface area contributed by atoms with E-state index in [0.717, 1.165) is 40.5 Å². The minimum absolute atomic E-state index is 0.117. The fraction of sp³-hybridized carbons (Fsp3) is 0.414. The van der Waals surface area contributed by atoms with Crippen LogP contribution in [0, 0.1) is 12.8 Å². The van der Waals surface area contributed by atoms with Gasteiger partial charge in [0.15, 0.2) is 0 Å². The summed E-state index contributed by atoms with van der Waals surface area (Å²) >= 11 is 6.48. The molecule has 1 aliphatic heterocycles. The van der Waals surface area contributed by atoms with Gasteiger partial charge in [0.25, 0.3) is 0 Å². The molecule has 0 spiro atoms. The number of aromatic nitrogens is 3. The molecule has 1 atom stereocenters. The average molecular weight is 505 g/mol. The number of benzene rings is 1. The molecule has 1 saturated heterocycles. The van der Waals surface area contributed by atoms with Crippen LogP contribution >= 0.6 is 11.6 Å². The molecule has 1 unspecified atom stereocenters. The molecule has 0 bridgehead atoms. The van der Waals surface area contributed by atoms with E-state index in [1.54, 1.807) is 0 Å². The molecule has 2 aromatic heterocycles. The van der Waals surface area contributed by atoms with Crippen LogP contribution < -0.4 is 0 Å². The highest BCUT2D eigenvalue weighted by atomic mass is 35.5. The van der Waals surface area contributed by atoms with Crippen LogP contribution in [-0.2, 0) is 11.3 Å². The Morgan fingerprint density at radius 3 is 2.61 bits per heavy atom. The SMILES string of the molecule is Cc1nccn1CC1=Cc2cc(Cl)ccc2C(C2CCN(C(=O)OC(C)(C)C)CC2)c2ncccc21. The third-order valence-electron chi connectivity index (χ3n) is 7.12. The summed E-state index contributed by atoms with van der Waals surface area (Å²) in [5.74, 6) is 1.44. The first-order valence-corrected chi connectivity index (χ1v) is 13.0. The lowest BCUT2D eigenvalue weighted by Crippen LogP contribution is -2.42. The Kier molecular flexibility index (Phi) is 6.64. The van der Waals surface area contributed by atoms with Gasteiger partial charge in [0.2, 0.25) is 0 Å². The minimum atomic E-state index is -0.494. The van der Waals surface area contributed by atoms with E-state index >= 15 is 0 Å². The number of piperidine rings is 1. The van der Waals surface area contributed by atoms with E-state index in [4.69, 9.17) is 21.3 Å². The molecule has 3 heterocycles. The predicted molar refractivity (Wildman–Crippen MR) is 143 cm³/mol. The van der Waals surface area contributed by atoms with E-state index < -0.39 is 5.60 Å². The van der Waals surface area contributed by atoms with Crippen molar-refractivity contribution in [2.75, 3.05) is 13.1 Å². The molecule has 5 rings (SSSR count). The number of hydrogen-bond acceptors (Lipinski definition) is 4. The van der Waals surface area contributed by atoms with Gasteiger partial charge in [0.1, 0.15) is 11.4 Å². The third kappa shape index (κ3) is 5.05. The average Bonchev–Trinajstić information content (AvgIpc) is 3.18. The fourth-order valence-electron chi connectivity index (χ4n) is 5.41. The van der Waals surface area contributed by atoms with Crippen LogP contribution in [0.25, 0.3) is 11.6 Å². The molecule has 36 heavy (non-hydrogen) atoms. The molecule has 3 aromatic rings. The second kappa shape index (κ2) is 9.74. The number of carbonyl (C=O) groups is 1. The van der Waals surface area contributed by atoms with Crippen molar-refractivity contribution in [3.8, 4) is 0 Å². The van der Waals surface area contributed by atoms with Gasteiger partial charge in [0, 0.05) is 54.7 Å². The molecule has 0 saturated carbocycles. The van der Waals surface area contributed by atoms with Gasteiger partial charge in [-0.05, 0) is 87.4 Å². The Morgan fingerprint density at radius 2 is 1.92 bits per heavy atom. The number of carbonyl (C=O) groups excluding carboxylic acids is 1. The molecule has 7 heteroatoms. The van der Waals surface area contributed by atoms with E-state index in [2.05, 4.69) is 33.8 Å². The van der Waals surface area contributed by atoms with E-state index in [-0.39, 0.29) is 12.0 Å². The Morgan fingerprint density at radius 1 is 1.14 bits per heavy atom. The van der Waals surface area contributed by atoms with Crippen molar-refractivity contribution >= 4 is 29.3 Å². The number of amides is 1. The van der Waals surface area contributed by atoms with Crippen LogP contribution in [0.3, 0.4) is 0 Å². The summed E-state index contributed by atoms with van der Waals surface area (Å²) in [6.45, 7) is 9.80. The Hall–Kier alpha value is -3.12. The lowest BCUT2D eigenvalue weighted by atomic mass is 9.76. The summed E-state index contributed by atoms with van der Waals surface area (Å²) in [4.78, 5) is 23.9. The summed E-state index contributed by atoms with van der Waals surface area (Å²) in [7, 11) is 0. The van der Waals surface area contributed by atoms with Gasteiger partial charge in [0.05, 0.1) is 5.69 Å². The van der Waals surface area contributed by atoms with Gasteiger partial charge in [-0.15, -0.1) is 0 Å². The van der Waals surface area contributed by atoms with E-state index in [1.807, 2.05) is 63.3 Å². The molecule has 1 fully saturated rings. The van der Waals surface area contributed by atoms with Crippen LogP contribution in [0.5, 0.6) is 0 Å². The lowest BCUT2D eigenvalue weighted by Gasteiger charge is -2.37. The highest BCUT2D eigenvalue weighted by molar-refractivity contribution is 6.30. The first kappa shape index (κ1) is 24.6. The van der Waals surface area contributed by atoms with E-state index in [1.165, 1.54) is 11.1 Å². The first-order chi connectivity index (χ1) is 17.2. The van der Waals surface area contributed by atoms with Gasteiger partial charge in [-0.1, -0.05) is 23.7 Å². The maximum absolute atomic E-state index is 12.7. The number of fused-ring (bicyclic) bond motifs is 2. The fourth-order valence-corrected chi connectivity index (χ4v) is 5.59. The summed E-state index contributed by atoms with van der Waals surface area (Å²) < 4.78 is 7.78. The molecular formula is C29H33ClN4O2. The predicted octanol–water partition coefficient (Wildman–Crippen LogP) is 6.57. The number of halogens is 1. The largest absolute Gasteiger partial charge is 0.444 e. The van der Waals surface area contributed by atoms with Crippen molar-refractivity contribution in [1.29, 1.82) is 0 Å². The smallest absolute Gasteiger partial charge is 0.410 e. The number of imidazole rings is 1. The second-order valence-electron chi connectivity index (χ2n) is 10.8. The molecule has 1 amide bonds. The number of ether oxygens (including phenoxy) is 1. The van der Waals surface area contributed by atoms with Crippen LogP contribution in [-0.4, -0.2) is 44.2 Å². The van der Waals surface area contributed by atoms with Crippen LogP contribution in [0.4, 0.5) is 4.79 Å². The van der Waals surface area contributed by atoms with Crippen molar-refractivity contribution in [2.45, 2.75) is 58.6 Å². The molecule has 1 aromatic carbocycles. The molecule has 1 aliphatic carbocycles. The Balaban J connectivity index is 1.50. The number of aryl methyl sites for hydroxylation is 1. The quantitative estimate of drug-likeness (QED) is 0.404. The zero-order valence-corrected chi connectivity index (χ0v) is 22.1. The minimum Gasteiger partial charge on any atom is -0.444 e. The summed E-state index contributed by atoms with van der Waals surface area (Å²) in [6, 6.07) is 10.4. The number of rotatable bonds is 3. The highest BCUT2D eigenvalue weighted by Gasteiger charge is 2.36. The van der Waals surface area contributed by atoms with Gasteiger partial charge in [-0.25, -0.2) is 9.78 Å². The maximum atomic E-state index is 12.7. The van der Waals surface area contributed by atoms with Gasteiger partial charge in [-0.2, -0.15) is 0 Å². The standard InChI is InChI=1S/C29H33ClN4O2/c1-19-31-12-15-34(19)18-22-16-21-17-23(30)7-8-24(21)26(27-25(22)6-5-11-32-27)20-9-13-33(14-10-20)28(35)36-29(2,3)4/h5-8,11-12,15-17,20,26H,9-10,13-14,18H2,1-4H3. The zero-order chi connectivity index (χ0) is 25.4. The lowest BCUT2D eigenvalue weighted by molar-refractivity contribution is 0.0178. The highest BCUT2D eigenvalue weighted by Crippen LogP contribution is 2.45. The number of hydrogen-bond donors (Lipinski definition) is 0. The normalized spacial score (nSPS) is 18.2. The third-order valence-corrected chi connectivity index (χ3v) is 7.35. The number of pyridine rings is 1. The van der Waals surface area contributed by atoms with E-state index in [0.29, 0.717) is 25.6 Å². The van der Waals surface area contributed by atoms with Gasteiger partial charge in [-0.3, -0.25) is 4.98 Å². The molecule has 0 N–H and O–H groups in total. The van der Waals surface area contributed by atoms with Crippen molar-refractivity contribution in [3.63, 3.8) is 0 Å². The summed E-state index contributed by atoms with van der Waals surface area (Å²) in [6.07, 6.45) is 9.55. The summed E-state index contributed by atoms with van der Waals surface area (Å²) in [5, 5.41) is 0.723. The van der Waals surface area contributed by atoms with E-state index in [9.17, 15) is 4.79 Å². The number of allylic oxidation sites excluding steroid dienone is 1. The Labute approximate surface area is 218 Å². The molecule has 188 valence electrons. The molecular weight excluding hydrogens is 472 g/mol. The second-order valence-corrected chi connectivity index (χ2v) is 11.2. The molecule has 6 nitrogen and oxygen atoms in total. The maximum Gasteiger partial charge on any atom is 0.410 e. The summed E-state index contributed by atoms with van der Waals surface area (Å²) in [5.41, 5.74) is 5.33. The zero-order valence-electron chi connectivity index (χ0n) is 21.4. The van der Waals surface area contributed by atoms with Gasteiger partial charge < -0.3 is 14.2 Å². The topological polar surface area (TPSA) is 60.2 Å². The number of nitrogens with zero attached hydrogens (tertiary/aromatic N) is 4. The van der Waals surface area contributed by atoms with Gasteiger partial charge >= 0.3 is 6.09 Å². The van der Waals surface area contributed by atoms with Crippen molar-refractivity contribution in [2.24, 2.45) is 5.92 Å². The molecule has 2 aliphatic rings. The van der Waals surface area contributed by atoms with Crippen molar-refractivity contribution < 1.29 is 9.53 Å². The van der Waals surface area contributed by atoms with Crippen molar-refractivity contribution in [1.82, 2.24) is 19.4 Å². The molecule has 0 radical (unpaired) electrons. The van der Waals surface area contributed by atoms with Crippen LogP contribution in [0.1, 0.15) is 67.7 Å².